The van der Waals surface area contributed by atoms with Gasteiger partial charge in [-0.3, -0.25) is 14.9 Å². The minimum Gasteiger partial charge on any atom is -0.343 e. The van der Waals surface area contributed by atoms with Gasteiger partial charge in [0.15, 0.2) is 0 Å². The summed E-state index contributed by atoms with van der Waals surface area (Å²) in [4.78, 5) is 31.2. The third kappa shape index (κ3) is 3.67. The number of carbonyl (C=O) groups is 2. The number of anilines is 1. The van der Waals surface area contributed by atoms with Crippen molar-refractivity contribution in [2.24, 2.45) is 0 Å². The van der Waals surface area contributed by atoms with Gasteiger partial charge in [0.2, 0.25) is 11.9 Å². The predicted molar refractivity (Wildman–Crippen MR) is 96.2 cm³/mol. The lowest BCUT2D eigenvalue weighted by atomic mass is 10.2. The van der Waals surface area contributed by atoms with E-state index in [1.807, 2.05) is 36.4 Å². The number of imidazole rings is 1. The molecule has 2 aromatic carbocycles. The molecule has 0 fully saturated rings. The molecule has 0 unspecified atom stereocenters. The normalized spacial score (nSPS) is 10.5. The van der Waals surface area contributed by atoms with Crippen molar-refractivity contribution in [2.75, 3.05) is 11.9 Å². The van der Waals surface area contributed by atoms with Crippen LogP contribution in [0.1, 0.15) is 10.4 Å². The first-order valence-corrected chi connectivity index (χ1v) is 7.99. The highest BCUT2D eigenvalue weighted by molar-refractivity contribution is 14.1. The third-order valence-corrected chi connectivity index (χ3v) is 4.12. The number of aromatic nitrogens is 2. The molecule has 0 radical (unpaired) electrons. The number of carbonyl (C=O) groups excluding carboxylic acids is 2. The Hall–Kier alpha value is -2.42. The molecular weight excluding hydrogens is 407 g/mol. The third-order valence-electron chi connectivity index (χ3n) is 3.18. The first-order chi connectivity index (χ1) is 11.1. The van der Waals surface area contributed by atoms with Crippen LogP contribution >= 0.6 is 22.6 Å². The van der Waals surface area contributed by atoms with Gasteiger partial charge in [-0.1, -0.05) is 24.3 Å². The predicted octanol–water partition coefficient (Wildman–Crippen LogP) is 2.54. The van der Waals surface area contributed by atoms with Gasteiger partial charge in [-0.05, 0) is 46.9 Å². The Morgan fingerprint density at radius 1 is 1.09 bits per heavy atom. The fraction of sp³-hybridized carbons (Fsp3) is 0.0625. The lowest BCUT2D eigenvalue weighted by Crippen LogP contribution is -2.33. The molecule has 0 aliphatic carbocycles. The van der Waals surface area contributed by atoms with Crippen molar-refractivity contribution in [1.29, 1.82) is 0 Å². The highest BCUT2D eigenvalue weighted by Gasteiger charge is 2.11. The number of benzene rings is 2. The lowest BCUT2D eigenvalue weighted by Gasteiger charge is -2.06. The molecule has 6 nitrogen and oxygen atoms in total. The number of fused-ring (bicyclic) bond motifs is 1. The Morgan fingerprint density at radius 3 is 2.61 bits per heavy atom. The van der Waals surface area contributed by atoms with Gasteiger partial charge in [0.25, 0.3) is 5.91 Å². The van der Waals surface area contributed by atoms with Crippen LogP contribution < -0.4 is 10.6 Å². The number of hydrogen-bond acceptors (Lipinski definition) is 3. The number of rotatable bonds is 4. The molecule has 7 heteroatoms. The van der Waals surface area contributed by atoms with Gasteiger partial charge in [0.05, 0.1) is 23.1 Å². The summed E-state index contributed by atoms with van der Waals surface area (Å²) in [6.45, 7) is -0.124. The van der Waals surface area contributed by atoms with Crippen molar-refractivity contribution in [3.8, 4) is 0 Å². The molecule has 0 atom stereocenters. The van der Waals surface area contributed by atoms with Gasteiger partial charge in [-0.25, -0.2) is 4.98 Å². The number of aromatic amines is 1. The molecule has 0 aliphatic rings. The fourth-order valence-corrected chi connectivity index (χ4v) is 2.72. The van der Waals surface area contributed by atoms with Crippen LogP contribution in [0.4, 0.5) is 5.95 Å². The summed E-state index contributed by atoms with van der Waals surface area (Å²) in [5, 5.41) is 5.23. The van der Waals surface area contributed by atoms with E-state index in [1.165, 1.54) is 0 Å². The average Bonchev–Trinajstić information content (AvgIpc) is 2.95. The first kappa shape index (κ1) is 15.5. The van der Waals surface area contributed by atoms with Gasteiger partial charge in [0, 0.05) is 3.57 Å². The summed E-state index contributed by atoms with van der Waals surface area (Å²) < 4.78 is 0.834. The van der Waals surface area contributed by atoms with Crippen LogP contribution in [0.5, 0.6) is 0 Å². The maximum absolute atomic E-state index is 12.0. The number of H-pyrrole nitrogens is 1. The molecule has 3 aromatic rings. The van der Waals surface area contributed by atoms with Gasteiger partial charge in [-0.2, -0.15) is 0 Å². The summed E-state index contributed by atoms with van der Waals surface area (Å²) in [7, 11) is 0. The maximum Gasteiger partial charge on any atom is 0.252 e. The second-order valence-electron chi connectivity index (χ2n) is 4.81. The monoisotopic (exact) mass is 420 g/mol. The quantitative estimate of drug-likeness (QED) is 0.567. The molecule has 23 heavy (non-hydrogen) atoms. The number of para-hydroxylation sites is 2. The highest BCUT2D eigenvalue weighted by Crippen LogP contribution is 2.13. The molecule has 1 heterocycles. The van der Waals surface area contributed by atoms with Crippen LogP contribution in [0.15, 0.2) is 48.5 Å². The molecule has 0 spiro atoms. The molecule has 0 saturated heterocycles. The minimum atomic E-state index is -0.344. The van der Waals surface area contributed by atoms with Crippen molar-refractivity contribution < 1.29 is 9.59 Å². The van der Waals surface area contributed by atoms with E-state index < -0.39 is 0 Å². The van der Waals surface area contributed by atoms with Crippen LogP contribution in [-0.4, -0.2) is 28.3 Å². The fourth-order valence-electron chi connectivity index (χ4n) is 2.09. The summed E-state index contributed by atoms with van der Waals surface area (Å²) in [5.41, 5.74) is 2.15. The number of amides is 2. The van der Waals surface area contributed by atoms with E-state index in [9.17, 15) is 9.59 Å². The van der Waals surface area contributed by atoms with Crippen molar-refractivity contribution in [1.82, 2.24) is 15.3 Å². The van der Waals surface area contributed by atoms with Crippen LogP contribution in [0.3, 0.4) is 0 Å². The number of nitrogens with zero attached hydrogens (tertiary/aromatic N) is 1. The standard InChI is InChI=1S/C16H13IN4O2/c17-11-6-2-1-5-10(11)15(23)18-9-14(22)21-16-19-12-7-3-4-8-13(12)20-16/h1-8H,9H2,(H,18,23)(H2,19,20,21,22). The van der Waals surface area contributed by atoms with E-state index >= 15 is 0 Å². The Bertz CT molecular complexity index is 842. The summed E-state index contributed by atoms with van der Waals surface area (Å²) in [6.07, 6.45) is 0. The molecule has 1 aromatic heterocycles. The van der Waals surface area contributed by atoms with E-state index in [0.29, 0.717) is 11.5 Å². The Morgan fingerprint density at radius 2 is 1.83 bits per heavy atom. The Labute approximate surface area is 145 Å². The first-order valence-electron chi connectivity index (χ1n) is 6.91. The average molecular weight is 420 g/mol. The van der Waals surface area contributed by atoms with Gasteiger partial charge in [0.1, 0.15) is 0 Å². The van der Waals surface area contributed by atoms with Crippen molar-refractivity contribution >= 4 is 51.4 Å². The summed E-state index contributed by atoms with van der Waals surface area (Å²) in [5.74, 6) is -0.266. The molecule has 116 valence electrons. The van der Waals surface area contributed by atoms with Gasteiger partial charge >= 0.3 is 0 Å². The second-order valence-corrected chi connectivity index (χ2v) is 5.98. The van der Waals surface area contributed by atoms with Gasteiger partial charge < -0.3 is 10.3 Å². The largest absolute Gasteiger partial charge is 0.343 e. The molecule has 0 saturated carbocycles. The van der Waals surface area contributed by atoms with E-state index in [0.717, 1.165) is 14.6 Å². The zero-order valence-electron chi connectivity index (χ0n) is 12.0. The number of hydrogen-bond donors (Lipinski definition) is 3. The Kier molecular flexibility index (Phi) is 4.56. The highest BCUT2D eigenvalue weighted by atomic mass is 127. The molecule has 0 aliphatic heterocycles. The molecule has 3 N–H and O–H groups in total. The van der Waals surface area contributed by atoms with E-state index in [1.54, 1.807) is 12.1 Å². The lowest BCUT2D eigenvalue weighted by molar-refractivity contribution is -0.115. The smallest absolute Gasteiger partial charge is 0.252 e. The zero-order valence-corrected chi connectivity index (χ0v) is 14.1. The van der Waals surface area contributed by atoms with Crippen molar-refractivity contribution in [3.05, 3.63) is 57.7 Å². The van der Waals surface area contributed by atoms with Crippen LogP contribution in [-0.2, 0) is 4.79 Å². The second kappa shape index (κ2) is 6.78. The molecule has 0 bridgehead atoms. The van der Waals surface area contributed by atoms with Crippen molar-refractivity contribution in [2.45, 2.75) is 0 Å². The van der Waals surface area contributed by atoms with E-state index in [4.69, 9.17) is 0 Å². The molecule has 3 rings (SSSR count). The minimum absolute atomic E-state index is 0.124. The van der Waals surface area contributed by atoms with Crippen LogP contribution in [0.25, 0.3) is 11.0 Å². The van der Waals surface area contributed by atoms with Crippen LogP contribution in [0, 0.1) is 3.57 Å². The SMILES string of the molecule is O=C(CNC(=O)c1ccccc1I)Nc1nc2ccccc2[nH]1. The van der Waals surface area contributed by atoms with E-state index in [-0.39, 0.29) is 18.4 Å². The van der Waals surface area contributed by atoms with Crippen molar-refractivity contribution in [3.63, 3.8) is 0 Å². The summed E-state index contributed by atoms with van der Waals surface area (Å²) in [6, 6.07) is 14.7. The zero-order chi connectivity index (χ0) is 16.2. The molecule has 2 amide bonds. The topological polar surface area (TPSA) is 86.9 Å². The molecular formula is C16H13IN4O2. The van der Waals surface area contributed by atoms with Crippen LogP contribution in [0.2, 0.25) is 0 Å². The van der Waals surface area contributed by atoms with Gasteiger partial charge in [-0.15, -0.1) is 0 Å². The number of nitrogens with one attached hydrogen (secondary N) is 3. The maximum atomic E-state index is 12.0. The van der Waals surface area contributed by atoms with E-state index in [2.05, 4.69) is 43.2 Å². The number of halogens is 1. The summed E-state index contributed by atoms with van der Waals surface area (Å²) >= 11 is 2.08. The Balaban J connectivity index is 1.59.